The molecule has 29 heavy (non-hydrogen) atoms. The van der Waals surface area contributed by atoms with Gasteiger partial charge in [-0.2, -0.15) is 5.26 Å². The molecule has 1 aromatic heterocycles. The summed E-state index contributed by atoms with van der Waals surface area (Å²) in [6.07, 6.45) is -1.70. The molecule has 1 unspecified atom stereocenters. The second kappa shape index (κ2) is 6.98. The monoisotopic (exact) mass is 398 g/mol. The summed E-state index contributed by atoms with van der Waals surface area (Å²) in [7, 11) is 0. The quantitative estimate of drug-likeness (QED) is 0.653. The van der Waals surface area contributed by atoms with Gasteiger partial charge in [-0.05, 0) is 12.1 Å². The SMILES string of the molecule is N#CC1CN(c2cccc(OC(F)(F)F)c2)C(=O)N1c1cncc2ccccc12. The number of nitrogens with zero attached hydrogens (tertiary/aromatic N) is 4. The molecule has 1 aliphatic heterocycles. The molecule has 1 atom stereocenters. The van der Waals surface area contributed by atoms with E-state index in [-0.39, 0.29) is 12.2 Å². The molecule has 6 nitrogen and oxygen atoms in total. The Morgan fingerprint density at radius 2 is 1.93 bits per heavy atom. The molecule has 1 aliphatic rings. The van der Waals surface area contributed by atoms with Crippen LogP contribution >= 0.6 is 0 Å². The summed E-state index contributed by atoms with van der Waals surface area (Å²) in [5.74, 6) is -0.443. The van der Waals surface area contributed by atoms with E-state index in [0.29, 0.717) is 5.69 Å². The van der Waals surface area contributed by atoms with Gasteiger partial charge in [0.25, 0.3) is 0 Å². The highest BCUT2D eigenvalue weighted by molar-refractivity contribution is 6.11. The number of alkyl halides is 3. The highest BCUT2D eigenvalue weighted by atomic mass is 19.4. The van der Waals surface area contributed by atoms with Crippen LogP contribution in [0.25, 0.3) is 10.8 Å². The van der Waals surface area contributed by atoms with Crippen molar-refractivity contribution in [2.24, 2.45) is 0 Å². The van der Waals surface area contributed by atoms with Crippen molar-refractivity contribution in [1.82, 2.24) is 4.98 Å². The van der Waals surface area contributed by atoms with E-state index in [1.54, 1.807) is 6.20 Å². The van der Waals surface area contributed by atoms with Crippen molar-refractivity contribution in [1.29, 1.82) is 5.26 Å². The lowest BCUT2D eigenvalue weighted by Gasteiger charge is -2.21. The summed E-state index contributed by atoms with van der Waals surface area (Å²) in [6.45, 7) is -0.00593. The van der Waals surface area contributed by atoms with Crippen LogP contribution in [0, 0.1) is 11.3 Å². The van der Waals surface area contributed by atoms with Crippen molar-refractivity contribution < 1.29 is 22.7 Å². The third-order valence-electron chi connectivity index (χ3n) is 4.52. The molecular formula is C20H13F3N4O2. The van der Waals surface area contributed by atoms with Gasteiger partial charge in [0.05, 0.1) is 24.5 Å². The molecule has 146 valence electrons. The second-order valence-corrected chi connectivity index (χ2v) is 6.33. The normalized spacial score (nSPS) is 16.9. The van der Waals surface area contributed by atoms with Crippen molar-refractivity contribution in [3.05, 3.63) is 60.9 Å². The van der Waals surface area contributed by atoms with Crippen LogP contribution in [0.2, 0.25) is 0 Å². The number of nitriles is 1. The molecule has 0 spiro atoms. The van der Waals surface area contributed by atoms with Gasteiger partial charge >= 0.3 is 12.4 Å². The van der Waals surface area contributed by atoms with Crippen LogP contribution in [-0.4, -0.2) is 30.0 Å². The standard InChI is InChI=1S/C20H13F3N4O2/c21-20(22,23)29-16-6-3-5-14(8-16)26-12-15(9-24)27(19(26)28)18-11-25-10-13-4-1-2-7-17(13)18/h1-8,10-11,15H,12H2. The van der Waals surface area contributed by atoms with Crippen molar-refractivity contribution in [3.63, 3.8) is 0 Å². The molecule has 1 saturated heterocycles. The number of aromatic nitrogens is 1. The molecule has 2 heterocycles. The van der Waals surface area contributed by atoms with Crippen LogP contribution in [0.5, 0.6) is 5.75 Å². The molecule has 9 heteroatoms. The largest absolute Gasteiger partial charge is 0.573 e. The smallest absolute Gasteiger partial charge is 0.406 e. The maximum Gasteiger partial charge on any atom is 0.573 e. The number of carbonyl (C=O) groups is 1. The van der Waals surface area contributed by atoms with E-state index < -0.39 is 24.2 Å². The number of anilines is 2. The molecule has 0 aliphatic carbocycles. The number of urea groups is 1. The lowest BCUT2D eigenvalue weighted by molar-refractivity contribution is -0.274. The molecule has 2 aromatic carbocycles. The molecule has 0 radical (unpaired) electrons. The van der Waals surface area contributed by atoms with Crippen molar-refractivity contribution in [3.8, 4) is 11.8 Å². The topological polar surface area (TPSA) is 69.5 Å². The fourth-order valence-electron chi connectivity index (χ4n) is 3.32. The highest BCUT2D eigenvalue weighted by Crippen LogP contribution is 2.34. The molecule has 3 aromatic rings. The van der Waals surface area contributed by atoms with Crippen LogP contribution < -0.4 is 14.5 Å². The number of carbonyl (C=O) groups excluding carboxylic acids is 1. The predicted molar refractivity (Wildman–Crippen MR) is 99.5 cm³/mol. The first-order chi connectivity index (χ1) is 13.9. The fraction of sp³-hybridized carbons (Fsp3) is 0.150. The Morgan fingerprint density at radius 3 is 2.69 bits per heavy atom. The van der Waals surface area contributed by atoms with E-state index in [0.717, 1.165) is 22.9 Å². The number of fused-ring (bicyclic) bond motifs is 1. The van der Waals surface area contributed by atoms with E-state index >= 15 is 0 Å². The van der Waals surface area contributed by atoms with Crippen molar-refractivity contribution >= 4 is 28.2 Å². The molecule has 0 bridgehead atoms. The van der Waals surface area contributed by atoms with E-state index in [1.165, 1.54) is 28.1 Å². The fourth-order valence-corrected chi connectivity index (χ4v) is 3.32. The minimum atomic E-state index is -4.84. The summed E-state index contributed by atoms with van der Waals surface area (Å²) < 4.78 is 41.5. The number of rotatable bonds is 3. The van der Waals surface area contributed by atoms with Crippen LogP contribution in [0.3, 0.4) is 0 Å². The van der Waals surface area contributed by atoms with Gasteiger partial charge in [0.2, 0.25) is 0 Å². The maximum atomic E-state index is 13.1. The van der Waals surface area contributed by atoms with Gasteiger partial charge in [0, 0.05) is 28.7 Å². The number of hydrogen-bond acceptors (Lipinski definition) is 4. The van der Waals surface area contributed by atoms with Gasteiger partial charge in [-0.25, -0.2) is 4.79 Å². The number of benzene rings is 2. The third kappa shape index (κ3) is 3.52. The first kappa shape index (κ1) is 18.6. The van der Waals surface area contributed by atoms with Gasteiger partial charge in [0.1, 0.15) is 11.8 Å². The maximum absolute atomic E-state index is 13.1. The zero-order chi connectivity index (χ0) is 20.6. The minimum Gasteiger partial charge on any atom is -0.406 e. The van der Waals surface area contributed by atoms with Gasteiger partial charge in [-0.15, -0.1) is 13.2 Å². The van der Waals surface area contributed by atoms with Gasteiger partial charge in [-0.1, -0.05) is 30.3 Å². The van der Waals surface area contributed by atoms with Crippen LogP contribution in [0.1, 0.15) is 0 Å². The Morgan fingerprint density at radius 1 is 1.14 bits per heavy atom. The van der Waals surface area contributed by atoms with Crippen LogP contribution in [0.4, 0.5) is 29.3 Å². The van der Waals surface area contributed by atoms with Crippen molar-refractivity contribution in [2.45, 2.75) is 12.4 Å². The summed E-state index contributed by atoms with van der Waals surface area (Å²) >= 11 is 0. The first-order valence-corrected chi connectivity index (χ1v) is 8.56. The Kier molecular flexibility index (Phi) is 4.47. The van der Waals surface area contributed by atoms with E-state index in [1.807, 2.05) is 24.3 Å². The summed E-state index contributed by atoms with van der Waals surface area (Å²) in [5, 5.41) is 11.1. The Bertz CT molecular complexity index is 1120. The Balaban J connectivity index is 1.72. The summed E-state index contributed by atoms with van der Waals surface area (Å²) in [6, 6.07) is 13.1. The summed E-state index contributed by atoms with van der Waals surface area (Å²) in [4.78, 5) is 19.8. The molecule has 1 fully saturated rings. The van der Waals surface area contributed by atoms with Crippen LogP contribution in [0.15, 0.2) is 60.9 Å². The predicted octanol–water partition coefficient (Wildman–Crippen LogP) is 4.47. The minimum absolute atomic E-state index is 0.00593. The number of halogens is 3. The average Bonchev–Trinajstić information content (AvgIpc) is 3.02. The van der Waals surface area contributed by atoms with Gasteiger partial charge in [0.15, 0.2) is 0 Å². The Labute approximate surface area is 163 Å². The molecule has 0 N–H and O–H groups in total. The number of pyridine rings is 1. The van der Waals surface area contributed by atoms with E-state index in [4.69, 9.17) is 0 Å². The third-order valence-corrected chi connectivity index (χ3v) is 4.52. The van der Waals surface area contributed by atoms with Crippen molar-refractivity contribution in [2.75, 3.05) is 16.3 Å². The summed E-state index contributed by atoms with van der Waals surface area (Å²) in [5.41, 5.74) is 0.664. The molecule has 0 saturated carbocycles. The van der Waals surface area contributed by atoms with E-state index in [9.17, 15) is 23.2 Å². The second-order valence-electron chi connectivity index (χ2n) is 6.33. The average molecular weight is 398 g/mol. The zero-order valence-corrected chi connectivity index (χ0v) is 14.8. The molecule has 4 rings (SSSR count). The van der Waals surface area contributed by atoms with Gasteiger partial charge in [-0.3, -0.25) is 14.8 Å². The number of hydrogen-bond donors (Lipinski definition) is 0. The lowest BCUT2D eigenvalue weighted by Crippen LogP contribution is -2.34. The van der Waals surface area contributed by atoms with Gasteiger partial charge < -0.3 is 4.74 Å². The lowest BCUT2D eigenvalue weighted by atomic mass is 10.1. The number of ether oxygens (including phenoxy) is 1. The number of amides is 2. The first-order valence-electron chi connectivity index (χ1n) is 8.56. The zero-order valence-electron chi connectivity index (χ0n) is 14.8. The van der Waals surface area contributed by atoms with Crippen LogP contribution in [-0.2, 0) is 0 Å². The van der Waals surface area contributed by atoms with E-state index in [2.05, 4.69) is 15.8 Å². The molecule has 2 amide bonds. The molecular weight excluding hydrogens is 385 g/mol. The Hall–Kier alpha value is -3.80. The highest BCUT2D eigenvalue weighted by Gasteiger charge is 2.40.